The second-order valence-electron chi connectivity index (χ2n) is 14.4. The molecule has 0 unspecified atom stereocenters. The van der Waals surface area contributed by atoms with Gasteiger partial charge in [-0.25, -0.2) is 0 Å². The summed E-state index contributed by atoms with van der Waals surface area (Å²) < 4.78 is 2.61. The Morgan fingerprint density at radius 2 is 0.875 bits per heavy atom. The number of hydrogen-bond acceptors (Lipinski definition) is 2. The standard InChI is InChI=1S/C54H35NS/c1-2-14-36(15-3-1)37-28-30-40(31-29-37)44-22-10-11-26-51(44)55(52-27-13-19-39-17-5-7-21-43(39)52)41-32-33-53-49(34-41)50-35-48(46-23-8-9-24-47(46)54(50)56-53)45-25-12-18-38-16-4-6-20-42(38)45/h1-35H. The summed E-state index contributed by atoms with van der Waals surface area (Å²) >= 11 is 1.89. The van der Waals surface area contributed by atoms with Crippen LogP contribution in [-0.2, 0) is 0 Å². The van der Waals surface area contributed by atoms with Gasteiger partial charge in [0.05, 0.1) is 11.4 Å². The molecule has 10 aromatic carbocycles. The topological polar surface area (TPSA) is 3.24 Å². The predicted octanol–water partition coefficient (Wildman–Crippen LogP) is 16.0. The van der Waals surface area contributed by atoms with Gasteiger partial charge >= 0.3 is 0 Å². The third-order valence-corrected chi connectivity index (χ3v) is 12.5. The molecule has 0 bridgehead atoms. The number of para-hydroxylation sites is 1. The van der Waals surface area contributed by atoms with Gasteiger partial charge in [0, 0.05) is 42.2 Å². The number of nitrogens with zero attached hydrogens (tertiary/aromatic N) is 1. The maximum atomic E-state index is 2.47. The van der Waals surface area contributed by atoms with Crippen LogP contribution in [0, 0.1) is 0 Å². The number of benzene rings is 10. The molecule has 0 saturated carbocycles. The van der Waals surface area contributed by atoms with Gasteiger partial charge in [-0.15, -0.1) is 11.3 Å². The number of thiophene rings is 1. The molecule has 1 nitrogen and oxygen atoms in total. The first kappa shape index (κ1) is 32.4. The molecule has 1 heterocycles. The molecular weight excluding hydrogens is 695 g/mol. The highest BCUT2D eigenvalue weighted by atomic mass is 32.1. The van der Waals surface area contributed by atoms with Crippen LogP contribution in [0.3, 0.4) is 0 Å². The van der Waals surface area contributed by atoms with Crippen molar-refractivity contribution in [2.45, 2.75) is 0 Å². The molecular formula is C54H35NS. The molecule has 0 saturated heterocycles. The quantitative estimate of drug-likeness (QED) is 0.165. The van der Waals surface area contributed by atoms with Gasteiger partial charge in [-0.05, 0) is 85.8 Å². The molecule has 0 aliphatic carbocycles. The highest BCUT2D eigenvalue weighted by molar-refractivity contribution is 7.26. The predicted molar refractivity (Wildman–Crippen MR) is 243 cm³/mol. The van der Waals surface area contributed by atoms with Crippen molar-refractivity contribution >= 4 is 80.9 Å². The monoisotopic (exact) mass is 729 g/mol. The SMILES string of the molecule is c1ccc(-c2ccc(-c3ccccc3N(c3ccc4sc5c6ccccc6c(-c6cccc7ccccc67)cc5c4c3)c3cccc4ccccc34)cc2)cc1. The average molecular weight is 730 g/mol. The van der Waals surface area contributed by atoms with Crippen LogP contribution in [0.25, 0.3) is 85.9 Å². The lowest BCUT2D eigenvalue weighted by atomic mass is 9.92. The summed E-state index contributed by atoms with van der Waals surface area (Å²) in [7, 11) is 0. The molecule has 0 spiro atoms. The second-order valence-corrected chi connectivity index (χ2v) is 15.5. The van der Waals surface area contributed by atoms with Crippen LogP contribution in [0.15, 0.2) is 212 Å². The lowest BCUT2D eigenvalue weighted by molar-refractivity contribution is 1.30. The summed E-state index contributed by atoms with van der Waals surface area (Å²) in [5.41, 5.74) is 10.7. The lowest BCUT2D eigenvalue weighted by Crippen LogP contribution is -2.11. The Balaban J connectivity index is 1.15. The van der Waals surface area contributed by atoms with Gasteiger partial charge in [-0.2, -0.15) is 0 Å². The van der Waals surface area contributed by atoms with Crippen molar-refractivity contribution in [1.29, 1.82) is 0 Å². The molecule has 11 aromatic rings. The normalized spacial score (nSPS) is 11.6. The Labute approximate surface area is 330 Å². The zero-order valence-electron chi connectivity index (χ0n) is 30.6. The van der Waals surface area contributed by atoms with Crippen molar-refractivity contribution in [3.63, 3.8) is 0 Å². The smallest absolute Gasteiger partial charge is 0.0540 e. The van der Waals surface area contributed by atoms with Crippen molar-refractivity contribution < 1.29 is 0 Å². The van der Waals surface area contributed by atoms with Crippen LogP contribution in [0.2, 0.25) is 0 Å². The van der Waals surface area contributed by atoms with E-state index in [4.69, 9.17) is 0 Å². The van der Waals surface area contributed by atoms with Crippen LogP contribution < -0.4 is 4.90 Å². The van der Waals surface area contributed by atoms with Crippen LogP contribution in [0.1, 0.15) is 0 Å². The van der Waals surface area contributed by atoms with Gasteiger partial charge < -0.3 is 4.90 Å². The minimum atomic E-state index is 1.13. The van der Waals surface area contributed by atoms with Crippen molar-refractivity contribution in [3.8, 4) is 33.4 Å². The highest BCUT2D eigenvalue weighted by Crippen LogP contribution is 2.48. The molecule has 56 heavy (non-hydrogen) atoms. The Hall–Kier alpha value is -7.00. The number of anilines is 3. The van der Waals surface area contributed by atoms with Crippen molar-refractivity contribution in [1.82, 2.24) is 0 Å². The fourth-order valence-corrected chi connectivity index (χ4v) is 9.81. The summed E-state index contributed by atoms with van der Waals surface area (Å²) in [6.07, 6.45) is 0. The van der Waals surface area contributed by atoms with Crippen LogP contribution in [0.5, 0.6) is 0 Å². The molecule has 0 aliphatic heterocycles. The zero-order valence-corrected chi connectivity index (χ0v) is 31.4. The fraction of sp³-hybridized carbons (Fsp3) is 0. The molecule has 11 rings (SSSR count). The number of fused-ring (bicyclic) bond motifs is 7. The zero-order chi connectivity index (χ0) is 37.0. The van der Waals surface area contributed by atoms with E-state index in [2.05, 4.69) is 217 Å². The Bertz CT molecular complexity index is 3240. The third kappa shape index (κ3) is 5.38. The first-order valence-corrected chi connectivity index (χ1v) is 20.0. The summed E-state index contributed by atoms with van der Waals surface area (Å²) in [6, 6.07) is 77.7. The van der Waals surface area contributed by atoms with Crippen molar-refractivity contribution in [2.24, 2.45) is 0 Å². The molecule has 2 heteroatoms. The van der Waals surface area contributed by atoms with Crippen LogP contribution in [-0.4, -0.2) is 0 Å². The maximum absolute atomic E-state index is 2.47. The Kier molecular flexibility index (Phi) is 7.75. The van der Waals surface area contributed by atoms with Gasteiger partial charge in [0.15, 0.2) is 0 Å². The average Bonchev–Trinajstić information content (AvgIpc) is 3.65. The summed E-state index contributed by atoms with van der Waals surface area (Å²) in [6.45, 7) is 0. The fourth-order valence-electron chi connectivity index (χ4n) is 8.61. The molecule has 1 aromatic heterocycles. The number of rotatable bonds is 6. The van der Waals surface area contributed by atoms with E-state index in [-0.39, 0.29) is 0 Å². The van der Waals surface area contributed by atoms with Crippen LogP contribution >= 0.6 is 11.3 Å². The molecule has 0 N–H and O–H groups in total. The van der Waals surface area contributed by atoms with Gasteiger partial charge in [-0.3, -0.25) is 0 Å². The molecule has 0 radical (unpaired) electrons. The van der Waals surface area contributed by atoms with E-state index in [9.17, 15) is 0 Å². The van der Waals surface area contributed by atoms with E-state index in [1.165, 1.54) is 85.9 Å². The van der Waals surface area contributed by atoms with Gasteiger partial charge in [0.25, 0.3) is 0 Å². The second kappa shape index (κ2) is 13.4. The van der Waals surface area contributed by atoms with E-state index < -0.39 is 0 Å². The minimum absolute atomic E-state index is 1.13. The lowest BCUT2D eigenvalue weighted by Gasteiger charge is -2.29. The molecule has 0 atom stereocenters. The molecule has 262 valence electrons. The van der Waals surface area contributed by atoms with E-state index in [0.717, 1.165) is 17.1 Å². The van der Waals surface area contributed by atoms with E-state index in [1.807, 2.05) is 11.3 Å². The van der Waals surface area contributed by atoms with Crippen LogP contribution in [0.4, 0.5) is 17.1 Å². The maximum Gasteiger partial charge on any atom is 0.0540 e. The highest BCUT2D eigenvalue weighted by Gasteiger charge is 2.21. The van der Waals surface area contributed by atoms with E-state index >= 15 is 0 Å². The Morgan fingerprint density at radius 1 is 0.304 bits per heavy atom. The van der Waals surface area contributed by atoms with Gasteiger partial charge in [0.1, 0.15) is 0 Å². The van der Waals surface area contributed by atoms with Gasteiger partial charge in [0.2, 0.25) is 0 Å². The van der Waals surface area contributed by atoms with Crippen molar-refractivity contribution in [3.05, 3.63) is 212 Å². The first-order valence-electron chi connectivity index (χ1n) is 19.2. The third-order valence-electron chi connectivity index (χ3n) is 11.3. The molecule has 0 amide bonds. The van der Waals surface area contributed by atoms with E-state index in [0.29, 0.717) is 0 Å². The minimum Gasteiger partial charge on any atom is -0.309 e. The molecule has 0 fully saturated rings. The van der Waals surface area contributed by atoms with Crippen molar-refractivity contribution in [2.75, 3.05) is 4.90 Å². The Morgan fingerprint density at radius 3 is 1.70 bits per heavy atom. The largest absolute Gasteiger partial charge is 0.309 e. The molecule has 0 aliphatic rings. The van der Waals surface area contributed by atoms with Gasteiger partial charge in [-0.1, -0.05) is 176 Å². The number of hydrogen-bond donors (Lipinski definition) is 0. The summed E-state index contributed by atoms with van der Waals surface area (Å²) in [5.74, 6) is 0. The van der Waals surface area contributed by atoms with E-state index in [1.54, 1.807) is 0 Å². The summed E-state index contributed by atoms with van der Waals surface area (Å²) in [4.78, 5) is 2.47. The summed E-state index contributed by atoms with van der Waals surface area (Å²) in [5, 5.41) is 10.1. The first-order chi connectivity index (χ1) is 27.8.